The van der Waals surface area contributed by atoms with E-state index in [-0.39, 0.29) is 5.78 Å². The monoisotopic (exact) mass is 225 g/mol. The molecule has 2 aromatic carbocycles. The minimum absolute atomic E-state index is 0.0811. The molecule has 2 aromatic rings. The van der Waals surface area contributed by atoms with E-state index in [9.17, 15) is 9.59 Å². The van der Waals surface area contributed by atoms with E-state index in [2.05, 4.69) is 0 Å². The molecule has 84 valence electrons. The molecule has 2 rings (SSSR count). The van der Waals surface area contributed by atoms with Crippen molar-refractivity contribution in [1.29, 1.82) is 0 Å². The number of hydrogen-bond acceptors (Lipinski definition) is 3. The van der Waals surface area contributed by atoms with Crippen molar-refractivity contribution >= 4 is 17.8 Å². The summed E-state index contributed by atoms with van der Waals surface area (Å²) in [6.45, 7) is 0. The van der Waals surface area contributed by atoms with Gasteiger partial charge in [-0.15, -0.1) is 0 Å². The van der Waals surface area contributed by atoms with Gasteiger partial charge in [0.1, 0.15) is 6.29 Å². The summed E-state index contributed by atoms with van der Waals surface area (Å²) >= 11 is 0. The van der Waals surface area contributed by atoms with Crippen molar-refractivity contribution in [3.63, 3.8) is 0 Å². The largest absolute Gasteiger partial charge is 0.399 e. The first kappa shape index (κ1) is 11.1. The van der Waals surface area contributed by atoms with E-state index >= 15 is 0 Å². The average Bonchev–Trinajstić information content (AvgIpc) is 2.39. The van der Waals surface area contributed by atoms with Crippen LogP contribution in [0.2, 0.25) is 0 Å². The number of carbonyl (C=O) groups is 2. The molecule has 0 aliphatic carbocycles. The maximum absolute atomic E-state index is 12.0. The number of anilines is 1. The Balaban J connectivity index is 2.30. The van der Waals surface area contributed by atoms with Gasteiger partial charge in [-0.05, 0) is 24.3 Å². The van der Waals surface area contributed by atoms with Gasteiger partial charge in [0.25, 0.3) is 0 Å². The molecule has 3 nitrogen and oxygen atoms in total. The summed E-state index contributed by atoms with van der Waals surface area (Å²) in [5, 5.41) is 0. The zero-order valence-corrected chi connectivity index (χ0v) is 9.09. The van der Waals surface area contributed by atoms with E-state index < -0.39 is 0 Å². The van der Waals surface area contributed by atoms with Gasteiger partial charge in [-0.25, -0.2) is 0 Å². The number of ketones is 1. The maximum atomic E-state index is 12.0. The van der Waals surface area contributed by atoms with Crippen molar-refractivity contribution in [3.05, 3.63) is 65.2 Å². The van der Waals surface area contributed by atoms with Crippen molar-refractivity contribution < 1.29 is 9.59 Å². The molecule has 0 aliphatic rings. The van der Waals surface area contributed by atoms with Crippen LogP contribution < -0.4 is 5.73 Å². The predicted octanol–water partition coefficient (Wildman–Crippen LogP) is 2.31. The number of nitrogens with two attached hydrogens (primary N) is 1. The van der Waals surface area contributed by atoms with E-state index in [0.29, 0.717) is 22.4 Å². The third-order valence-corrected chi connectivity index (χ3v) is 2.48. The Morgan fingerprint density at radius 2 is 1.35 bits per heavy atom. The molecule has 0 saturated carbocycles. The van der Waals surface area contributed by atoms with Gasteiger partial charge in [0.15, 0.2) is 5.78 Å². The van der Waals surface area contributed by atoms with Crippen molar-refractivity contribution in [2.24, 2.45) is 0 Å². The quantitative estimate of drug-likeness (QED) is 0.495. The van der Waals surface area contributed by atoms with Crippen LogP contribution in [-0.2, 0) is 0 Å². The van der Waals surface area contributed by atoms with E-state index in [4.69, 9.17) is 5.73 Å². The molecule has 0 saturated heterocycles. The zero-order valence-electron chi connectivity index (χ0n) is 9.09. The molecular weight excluding hydrogens is 214 g/mol. The highest BCUT2D eigenvalue weighted by Crippen LogP contribution is 2.12. The Kier molecular flexibility index (Phi) is 3.01. The number of nitrogen functional groups attached to an aromatic ring is 1. The van der Waals surface area contributed by atoms with Crippen molar-refractivity contribution in [3.8, 4) is 0 Å². The van der Waals surface area contributed by atoms with E-state index in [1.165, 1.54) is 0 Å². The zero-order chi connectivity index (χ0) is 12.3. The molecule has 0 amide bonds. The molecule has 3 heteroatoms. The van der Waals surface area contributed by atoms with Crippen LogP contribution in [0.4, 0.5) is 5.69 Å². The number of rotatable bonds is 3. The Labute approximate surface area is 98.9 Å². The summed E-state index contributed by atoms with van der Waals surface area (Å²) in [7, 11) is 0. The Hall–Kier alpha value is -2.42. The highest BCUT2D eigenvalue weighted by atomic mass is 16.1. The van der Waals surface area contributed by atoms with Gasteiger partial charge in [-0.1, -0.05) is 24.3 Å². The molecular formula is C14H11NO2. The van der Waals surface area contributed by atoms with Crippen molar-refractivity contribution in [1.82, 2.24) is 0 Å². The smallest absolute Gasteiger partial charge is 0.193 e. The molecule has 2 N–H and O–H groups in total. The number of hydrogen-bond donors (Lipinski definition) is 1. The number of benzene rings is 2. The summed E-state index contributed by atoms with van der Waals surface area (Å²) in [4.78, 5) is 22.5. The van der Waals surface area contributed by atoms with Crippen LogP contribution in [0.3, 0.4) is 0 Å². The molecule has 0 spiro atoms. The molecule has 0 fully saturated rings. The second kappa shape index (κ2) is 4.61. The highest BCUT2D eigenvalue weighted by Gasteiger charge is 2.08. The van der Waals surface area contributed by atoms with Crippen LogP contribution in [0.1, 0.15) is 26.3 Å². The molecule has 0 aromatic heterocycles. The normalized spacial score (nSPS) is 9.88. The highest BCUT2D eigenvalue weighted by molar-refractivity contribution is 6.09. The molecule has 17 heavy (non-hydrogen) atoms. The van der Waals surface area contributed by atoms with Crippen molar-refractivity contribution in [2.45, 2.75) is 0 Å². The summed E-state index contributed by atoms with van der Waals surface area (Å²) in [5.74, 6) is -0.0811. The summed E-state index contributed by atoms with van der Waals surface area (Å²) < 4.78 is 0. The van der Waals surface area contributed by atoms with Gasteiger partial charge >= 0.3 is 0 Å². The van der Waals surface area contributed by atoms with E-state index in [0.717, 1.165) is 6.29 Å². The third kappa shape index (κ3) is 2.39. The minimum Gasteiger partial charge on any atom is -0.399 e. The van der Waals surface area contributed by atoms with Crippen LogP contribution in [0.15, 0.2) is 48.5 Å². The second-order valence-electron chi connectivity index (χ2n) is 3.69. The van der Waals surface area contributed by atoms with Crippen LogP contribution >= 0.6 is 0 Å². The lowest BCUT2D eigenvalue weighted by Gasteiger charge is -2.01. The maximum Gasteiger partial charge on any atom is 0.193 e. The lowest BCUT2D eigenvalue weighted by molar-refractivity contribution is 0.103. The van der Waals surface area contributed by atoms with Gasteiger partial charge in [-0.3, -0.25) is 9.59 Å². The molecule has 0 atom stereocenters. The van der Waals surface area contributed by atoms with Gasteiger partial charge in [0.2, 0.25) is 0 Å². The van der Waals surface area contributed by atoms with E-state index in [1.54, 1.807) is 48.5 Å². The standard InChI is InChI=1S/C14H11NO2/c15-13-7-5-12(6-8-13)14(17)11-3-1-10(9-16)2-4-11/h1-9H,15H2. The van der Waals surface area contributed by atoms with Crippen LogP contribution in [-0.4, -0.2) is 12.1 Å². The fraction of sp³-hybridized carbons (Fsp3) is 0. The molecule has 0 heterocycles. The predicted molar refractivity (Wildman–Crippen MR) is 66.1 cm³/mol. The number of carbonyl (C=O) groups excluding carboxylic acids is 2. The minimum atomic E-state index is -0.0811. The summed E-state index contributed by atoms with van der Waals surface area (Å²) in [5.41, 5.74) is 7.87. The van der Waals surface area contributed by atoms with Crippen LogP contribution in [0.5, 0.6) is 0 Å². The number of aldehydes is 1. The average molecular weight is 225 g/mol. The van der Waals surface area contributed by atoms with Gasteiger partial charge in [-0.2, -0.15) is 0 Å². The first-order valence-electron chi connectivity index (χ1n) is 5.16. The SMILES string of the molecule is Nc1ccc(C(=O)c2ccc(C=O)cc2)cc1. The van der Waals surface area contributed by atoms with Crippen LogP contribution in [0.25, 0.3) is 0 Å². The van der Waals surface area contributed by atoms with Crippen molar-refractivity contribution in [2.75, 3.05) is 5.73 Å². The molecule has 0 bridgehead atoms. The topological polar surface area (TPSA) is 60.2 Å². The van der Waals surface area contributed by atoms with E-state index in [1.807, 2.05) is 0 Å². The first-order chi connectivity index (χ1) is 8.20. The first-order valence-corrected chi connectivity index (χ1v) is 5.16. The van der Waals surface area contributed by atoms with Gasteiger partial charge in [0.05, 0.1) is 0 Å². The second-order valence-corrected chi connectivity index (χ2v) is 3.69. The van der Waals surface area contributed by atoms with Gasteiger partial charge < -0.3 is 5.73 Å². The molecule has 0 radical (unpaired) electrons. The Morgan fingerprint density at radius 1 is 0.882 bits per heavy atom. The molecule has 0 unspecified atom stereocenters. The third-order valence-electron chi connectivity index (χ3n) is 2.48. The molecule has 0 aliphatic heterocycles. The fourth-order valence-corrected chi connectivity index (χ4v) is 1.51. The summed E-state index contributed by atoms with van der Waals surface area (Å²) in [6, 6.07) is 13.3. The lowest BCUT2D eigenvalue weighted by Crippen LogP contribution is -2.01. The van der Waals surface area contributed by atoms with Crippen LogP contribution in [0, 0.1) is 0 Å². The fourth-order valence-electron chi connectivity index (χ4n) is 1.51. The summed E-state index contributed by atoms with van der Waals surface area (Å²) in [6.07, 6.45) is 0.747. The lowest BCUT2D eigenvalue weighted by atomic mass is 10.0. The Morgan fingerprint density at radius 3 is 1.82 bits per heavy atom. The van der Waals surface area contributed by atoms with Gasteiger partial charge in [0, 0.05) is 22.4 Å². The Bertz CT molecular complexity index is 541.